The second kappa shape index (κ2) is 4.10. The Labute approximate surface area is 117 Å². The number of thiazole rings is 1. The molecule has 2 fully saturated rings. The van der Waals surface area contributed by atoms with E-state index in [2.05, 4.69) is 22.4 Å². The van der Waals surface area contributed by atoms with Gasteiger partial charge in [0.15, 0.2) is 0 Å². The smallest absolute Gasteiger partial charge is 0.0907 e. The highest BCUT2D eigenvalue weighted by molar-refractivity contribution is 7.18. The van der Waals surface area contributed by atoms with Gasteiger partial charge in [0, 0.05) is 6.04 Å². The standard InChI is InChI=1S/C15H19N3S/c1-8-17-13-7-12(11(16)6-14(13)19-8)18-15(9-2-3-9)10-4-5-10/h6-7,9-10,15,18H,2-5,16H2,1H3. The van der Waals surface area contributed by atoms with Crippen molar-refractivity contribution in [2.75, 3.05) is 11.1 Å². The Morgan fingerprint density at radius 1 is 1.26 bits per heavy atom. The first kappa shape index (κ1) is 11.5. The summed E-state index contributed by atoms with van der Waals surface area (Å²) in [7, 11) is 0. The SMILES string of the molecule is Cc1nc2cc(NC(C3CC3)C3CC3)c(N)cc2s1. The number of aryl methyl sites for hydroxylation is 1. The minimum atomic E-state index is 0.638. The number of nitrogens with two attached hydrogens (primary N) is 1. The number of rotatable bonds is 4. The van der Waals surface area contributed by atoms with Crippen molar-refractivity contribution >= 4 is 32.9 Å². The van der Waals surface area contributed by atoms with E-state index >= 15 is 0 Å². The molecule has 19 heavy (non-hydrogen) atoms. The molecule has 2 aromatic rings. The summed E-state index contributed by atoms with van der Waals surface area (Å²) in [6, 6.07) is 4.84. The van der Waals surface area contributed by atoms with Crippen molar-refractivity contribution in [3.05, 3.63) is 17.1 Å². The summed E-state index contributed by atoms with van der Waals surface area (Å²) in [5.41, 5.74) is 9.22. The molecule has 4 heteroatoms. The fourth-order valence-electron chi connectivity index (χ4n) is 2.94. The van der Waals surface area contributed by atoms with Crippen molar-refractivity contribution in [1.82, 2.24) is 4.98 Å². The van der Waals surface area contributed by atoms with Crippen molar-refractivity contribution in [2.45, 2.75) is 38.6 Å². The van der Waals surface area contributed by atoms with E-state index in [0.717, 1.165) is 33.7 Å². The summed E-state index contributed by atoms with van der Waals surface area (Å²) in [6.45, 7) is 2.05. The van der Waals surface area contributed by atoms with E-state index < -0.39 is 0 Å². The molecule has 0 aliphatic heterocycles. The molecule has 3 N–H and O–H groups in total. The van der Waals surface area contributed by atoms with Crippen LogP contribution in [0.15, 0.2) is 12.1 Å². The first-order valence-electron chi connectivity index (χ1n) is 7.14. The molecule has 0 bridgehead atoms. The number of nitrogen functional groups attached to an aromatic ring is 1. The molecular weight excluding hydrogens is 254 g/mol. The van der Waals surface area contributed by atoms with Gasteiger partial charge in [-0.1, -0.05) is 0 Å². The Hall–Kier alpha value is -1.29. The molecule has 0 saturated heterocycles. The van der Waals surface area contributed by atoms with E-state index in [1.807, 2.05) is 6.92 Å². The van der Waals surface area contributed by atoms with E-state index in [9.17, 15) is 0 Å². The zero-order valence-corrected chi connectivity index (χ0v) is 12.0. The molecule has 2 aliphatic rings. The Bertz CT molecular complexity index is 614. The Morgan fingerprint density at radius 2 is 1.95 bits per heavy atom. The summed E-state index contributed by atoms with van der Waals surface area (Å²) in [4.78, 5) is 4.57. The van der Waals surface area contributed by atoms with E-state index in [4.69, 9.17) is 5.73 Å². The number of nitrogens with one attached hydrogen (secondary N) is 1. The number of benzene rings is 1. The molecule has 3 nitrogen and oxygen atoms in total. The van der Waals surface area contributed by atoms with E-state index in [1.54, 1.807) is 11.3 Å². The van der Waals surface area contributed by atoms with Gasteiger partial charge >= 0.3 is 0 Å². The second-order valence-corrected chi connectivity index (χ2v) is 7.22. The van der Waals surface area contributed by atoms with Gasteiger partial charge in [-0.25, -0.2) is 4.98 Å². The lowest BCUT2D eigenvalue weighted by molar-refractivity contribution is 0.568. The van der Waals surface area contributed by atoms with Gasteiger partial charge in [0.05, 0.1) is 26.6 Å². The number of fused-ring (bicyclic) bond motifs is 1. The van der Waals surface area contributed by atoms with Crippen LogP contribution in [0.2, 0.25) is 0 Å². The average Bonchev–Trinajstić information content (AvgIpc) is 3.24. The highest BCUT2D eigenvalue weighted by atomic mass is 32.1. The highest BCUT2D eigenvalue weighted by Crippen LogP contribution is 2.46. The zero-order valence-electron chi connectivity index (χ0n) is 11.1. The molecule has 0 atom stereocenters. The molecule has 0 unspecified atom stereocenters. The molecule has 1 aromatic carbocycles. The summed E-state index contributed by atoms with van der Waals surface area (Å²) >= 11 is 1.71. The van der Waals surface area contributed by atoms with Gasteiger partial charge in [-0.15, -0.1) is 11.3 Å². The Morgan fingerprint density at radius 3 is 2.58 bits per heavy atom. The third kappa shape index (κ3) is 2.18. The van der Waals surface area contributed by atoms with Crippen LogP contribution in [-0.2, 0) is 0 Å². The van der Waals surface area contributed by atoms with Crippen LogP contribution in [0.25, 0.3) is 10.2 Å². The summed E-state index contributed by atoms with van der Waals surface area (Å²) in [6.07, 6.45) is 5.52. The lowest BCUT2D eigenvalue weighted by atomic mass is 10.1. The maximum absolute atomic E-state index is 6.20. The molecule has 2 saturated carbocycles. The van der Waals surface area contributed by atoms with Gasteiger partial charge in [0.1, 0.15) is 0 Å². The van der Waals surface area contributed by atoms with E-state index in [1.165, 1.54) is 30.4 Å². The fraction of sp³-hybridized carbons (Fsp3) is 0.533. The van der Waals surface area contributed by atoms with Gasteiger partial charge in [0.25, 0.3) is 0 Å². The molecule has 100 valence electrons. The van der Waals surface area contributed by atoms with Crippen LogP contribution in [0.5, 0.6) is 0 Å². The first-order valence-corrected chi connectivity index (χ1v) is 7.95. The van der Waals surface area contributed by atoms with Crippen LogP contribution in [-0.4, -0.2) is 11.0 Å². The molecule has 0 amide bonds. The minimum Gasteiger partial charge on any atom is -0.397 e. The molecule has 1 heterocycles. The predicted octanol–water partition coefficient (Wildman–Crippen LogP) is 3.79. The fourth-order valence-corrected chi connectivity index (χ4v) is 3.80. The summed E-state index contributed by atoms with van der Waals surface area (Å²) < 4.78 is 1.19. The third-order valence-corrected chi connectivity index (χ3v) is 5.18. The predicted molar refractivity (Wildman–Crippen MR) is 81.6 cm³/mol. The largest absolute Gasteiger partial charge is 0.397 e. The Balaban J connectivity index is 1.67. The summed E-state index contributed by atoms with van der Waals surface area (Å²) in [5.74, 6) is 1.75. The number of nitrogens with zero attached hydrogens (tertiary/aromatic N) is 1. The van der Waals surface area contributed by atoms with Gasteiger partial charge in [-0.3, -0.25) is 0 Å². The molecule has 1 aromatic heterocycles. The molecule has 0 radical (unpaired) electrons. The third-order valence-electron chi connectivity index (χ3n) is 4.25. The van der Waals surface area contributed by atoms with Gasteiger partial charge in [-0.2, -0.15) is 0 Å². The summed E-state index contributed by atoms with van der Waals surface area (Å²) in [5, 5.41) is 4.82. The minimum absolute atomic E-state index is 0.638. The zero-order chi connectivity index (χ0) is 13.0. The topological polar surface area (TPSA) is 50.9 Å². The van der Waals surface area contributed by atoms with Crippen LogP contribution in [0.3, 0.4) is 0 Å². The maximum Gasteiger partial charge on any atom is 0.0907 e. The van der Waals surface area contributed by atoms with Gasteiger partial charge < -0.3 is 11.1 Å². The van der Waals surface area contributed by atoms with Crippen molar-refractivity contribution in [1.29, 1.82) is 0 Å². The van der Waals surface area contributed by atoms with Crippen molar-refractivity contribution < 1.29 is 0 Å². The van der Waals surface area contributed by atoms with Gasteiger partial charge in [0.2, 0.25) is 0 Å². The van der Waals surface area contributed by atoms with Crippen molar-refractivity contribution in [2.24, 2.45) is 11.8 Å². The lowest BCUT2D eigenvalue weighted by Crippen LogP contribution is -2.24. The van der Waals surface area contributed by atoms with Crippen LogP contribution < -0.4 is 11.1 Å². The van der Waals surface area contributed by atoms with Crippen LogP contribution >= 0.6 is 11.3 Å². The van der Waals surface area contributed by atoms with Crippen molar-refractivity contribution in [3.63, 3.8) is 0 Å². The highest BCUT2D eigenvalue weighted by Gasteiger charge is 2.41. The van der Waals surface area contributed by atoms with E-state index in [0.29, 0.717) is 6.04 Å². The quantitative estimate of drug-likeness (QED) is 0.833. The molecular formula is C15H19N3S. The average molecular weight is 273 g/mol. The Kier molecular flexibility index (Phi) is 2.49. The van der Waals surface area contributed by atoms with Crippen LogP contribution in [0.4, 0.5) is 11.4 Å². The maximum atomic E-state index is 6.20. The van der Waals surface area contributed by atoms with Gasteiger partial charge in [-0.05, 0) is 56.6 Å². The van der Waals surface area contributed by atoms with E-state index in [-0.39, 0.29) is 0 Å². The number of hydrogen-bond donors (Lipinski definition) is 2. The monoisotopic (exact) mass is 273 g/mol. The number of aromatic nitrogens is 1. The lowest BCUT2D eigenvalue weighted by Gasteiger charge is -2.20. The van der Waals surface area contributed by atoms with Crippen LogP contribution in [0, 0.1) is 18.8 Å². The second-order valence-electron chi connectivity index (χ2n) is 5.99. The van der Waals surface area contributed by atoms with Crippen LogP contribution in [0.1, 0.15) is 30.7 Å². The number of anilines is 2. The first-order chi connectivity index (χ1) is 9.20. The molecule has 2 aliphatic carbocycles. The normalized spacial score (nSPS) is 19.3. The molecule has 4 rings (SSSR count). The molecule has 0 spiro atoms. The number of hydrogen-bond acceptors (Lipinski definition) is 4. The van der Waals surface area contributed by atoms with Crippen molar-refractivity contribution in [3.8, 4) is 0 Å².